The first kappa shape index (κ1) is 15.9. The van der Waals surface area contributed by atoms with Crippen molar-refractivity contribution in [3.8, 4) is 5.69 Å². The molecule has 0 fully saturated rings. The Hall–Kier alpha value is -3.02. The summed E-state index contributed by atoms with van der Waals surface area (Å²) in [7, 11) is 1.74. The van der Waals surface area contributed by atoms with Crippen molar-refractivity contribution < 1.29 is 4.79 Å². The lowest BCUT2D eigenvalue weighted by Crippen LogP contribution is -2.31. The molecule has 122 valence electrons. The van der Waals surface area contributed by atoms with Gasteiger partial charge in [0.25, 0.3) is 5.91 Å². The lowest BCUT2D eigenvalue weighted by atomic mass is 10.2. The zero-order chi connectivity index (χ0) is 17.1. The second kappa shape index (κ2) is 6.62. The van der Waals surface area contributed by atoms with E-state index in [4.69, 9.17) is 0 Å². The second-order valence-electron chi connectivity index (χ2n) is 5.58. The van der Waals surface area contributed by atoms with Gasteiger partial charge in [0, 0.05) is 13.2 Å². The summed E-state index contributed by atoms with van der Waals surface area (Å²) in [6.07, 6.45) is 1.72. The predicted molar refractivity (Wildman–Crippen MR) is 90.8 cm³/mol. The number of carbonyl (C=O) groups excluding carboxylic acids is 1. The van der Waals surface area contributed by atoms with Crippen molar-refractivity contribution in [2.24, 2.45) is 0 Å². The van der Waals surface area contributed by atoms with E-state index in [9.17, 15) is 4.79 Å². The number of aryl methyl sites for hydroxylation is 1. The average Bonchev–Trinajstić information content (AvgIpc) is 3.03. The number of aromatic nitrogens is 4. The van der Waals surface area contributed by atoms with Crippen LogP contribution in [0.3, 0.4) is 0 Å². The van der Waals surface area contributed by atoms with Crippen LogP contribution in [-0.4, -0.2) is 37.6 Å². The maximum absolute atomic E-state index is 12.7. The summed E-state index contributed by atoms with van der Waals surface area (Å²) in [6, 6.07) is 15.1. The van der Waals surface area contributed by atoms with Crippen LogP contribution in [0.2, 0.25) is 0 Å². The number of pyridine rings is 1. The minimum absolute atomic E-state index is 0.164. The summed E-state index contributed by atoms with van der Waals surface area (Å²) in [4.78, 5) is 23.0. The third-order valence-corrected chi connectivity index (χ3v) is 3.98. The summed E-state index contributed by atoms with van der Waals surface area (Å²) in [5.74, 6) is 0.621. The van der Waals surface area contributed by atoms with E-state index in [1.165, 1.54) is 0 Å². The van der Waals surface area contributed by atoms with E-state index in [-0.39, 0.29) is 17.8 Å². The summed E-state index contributed by atoms with van der Waals surface area (Å²) in [5.41, 5.74) is 1.70. The summed E-state index contributed by atoms with van der Waals surface area (Å²) in [5, 5.41) is 4.37. The van der Waals surface area contributed by atoms with E-state index < -0.39 is 0 Å². The Morgan fingerprint density at radius 2 is 1.83 bits per heavy atom. The lowest BCUT2D eigenvalue weighted by molar-refractivity contribution is 0.0727. The van der Waals surface area contributed by atoms with Gasteiger partial charge in [-0.2, -0.15) is 0 Å². The van der Waals surface area contributed by atoms with Gasteiger partial charge in [-0.3, -0.25) is 9.78 Å². The fraction of sp³-hybridized carbons (Fsp3) is 0.222. The van der Waals surface area contributed by atoms with E-state index in [0.29, 0.717) is 5.82 Å². The molecule has 1 amide bonds. The fourth-order valence-electron chi connectivity index (χ4n) is 2.45. The monoisotopic (exact) mass is 321 g/mol. The highest BCUT2D eigenvalue weighted by Gasteiger charge is 2.24. The maximum Gasteiger partial charge on any atom is 0.293 e. The Balaban J connectivity index is 1.85. The SMILES string of the molecule is Cc1nc(C(=O)N(C)C(C)c2ccccn2)nn1-c1ccccc1. The van der Waals surface area contributed by atoms with Gasteiger partial charge in [-0.25, -0.2) is 9.67 Å². The minimum Gasteiger partial charge on any atom is -0.331 e. The van der Waals surface area contributed by atoms with Crippen molar-refractivity contribution in [3.63, 3.8) is 0 Å². The van der Waals surface area contributed by atoms with E-state index in [1.54, 1.807) is 22.8 Å². The first-order chi connectivity index (χ1) is 11.6. The standard InChI is InChI=1S/C18H19N5O/c1-13(16-11-7-8-12-19-16)22(3)18(24)17-20-14(2)23(21-17)15-9-5-4-6-10-15/h4-13H,1-3H3. The van der Waals surface area contributed by atoms with Crippen LogP contribution in [0.15, 0.2) is 54.7 Å². The summed E-state index contributed by atoms with van der Waals surface area (Å²) < 4.78 is 1.67. The van der Waals surface area contributed by atoms with E-state index >= 15 is 0 Å². The fourth-order valence-corrected chi connectivity index (χ4v) is 2.45. The molecule has 0 aliphatic rings. The van der Waals surface area contributed by atoms with Crippen LogP contribution in [0.4, 0.5) is 0 Å². The number of carbonyl (C=O) groups is 1. The van der Waals surface area contributed by atoms with E-state index in [1.807, 2.05) is 62.4 Å². The molecular formula is C18H19N5O. The van der Waals surface area contributed by atoms with Gasteiger partial charge < -0.3 is 4.90 Å². The Labute approximate surface area is 140 Å². The Morgan fingerprint density at radius 1 is 1.12 bits per heavy atom. The molecule has 0 N–H and O–H groups in total. The number of hydrogen-bond acceptors (Lipinski definition) is 4. The van der Waals surface area contributed by atoms with E-state index in [2.05, 4.69) is 15.1 Å². The van der Waals surface area contributed by atoms with Crippen molar-refractivity contribution in [2.45, 2.75) is 19.9 Å². The third-order valence-electron chi connectivity index (χ3n) is 3.98. The van der Waals surface area contributed by atoms with Crippen LogP contribution in [0.25, 0.3) is 5.69 Å². The molecule has 0 aliphatic heterocycles. The van der Waals surface area contributed by atoms with Crippen LogP contribution in [-0.2, 0) is 0 Å². The van der Waals surface area contributed by atoms with Crippen LogP contribution < -0.4 is 0 Å². The molecule has 0 spiro atoms. The largest absolute Gasteiger partial charge is 0.331 e. The topological polar surface area (TPSA) is 63.9 Å². The molecule has 1 unspecified atom stereocenters. The van der Waals surface area contributed by atoms with Crippen molar-refractivity contribution in [1.82, 2.24) is 24.6 Å². The van der Waals surface area contributed by atoms with Gasteiger partial charge in [0.2, 0.25) is 5.82 Å². The summed E-state index contributed by atoms with van der Waals surface area (Å²) in [6.45, 7) is 3.76. The van der Waals surface area contributed by atoms with Gasteiger partial charge in [0.1, 0.15) is 5.82 Å². The molecule has 3 rings (SSSR count). The van der Waals surface area contributed by atoms with Crippen LogP contribution in [0.5, 0.6) is 0 Å². The zero-order valence-corrected chi connectivity index (χ0v) is 13.9. The highest BCUT2D eigenvalue weighted by atomic mass is 16.2. The van der Waals surface area contributed by atoms with Gasteiger partial charge in [0.05, 0.1) is 17.4 Å². The number of rotatable bonds is 4. The molecule has 0 radical (unpaired) electrons. The van der Waals surface area contributed by atoms with Crippen molar-refractivity contribution in [3.05, 3.63) is 72.1 Å². The smallest absolute Gasteiger partial charge is 0.293 e. The Bertz CT molecular complexity index is 829. The molecule has 1 atom stereocenters. The quantitative estimate of drug-likeness (QED) is 0.741. The van der Waals surface area contributed by atoms with Crippen LogP contribution in [0.1, 0.15) is 35.1 Å². The molecule has 2 heterocycles. The van der Waals surface area contributed by atoms with Gasteiger partial charge in [-0.1, -0.05) is 24.3 Å². The molecule has 6 heteroatoms. The Kier molecular flexibility index (Phi) is 4.37. The van der Waals surface area contributed by atoms with Gasteiger partial charge >= 0.3 is 0 Å². The van der Waals surface area contributed by atoms with Crippen LogP contribution in [0, 0.1) is 6.92 Å². The Morgan fingerprint density at radius 3 is 2.50 bits per heavy atom. The molecule has 1 aromatic carbocycles. The average molecular weight is 321 g/mol. The van der Waals surface area contributed by atoms with Gasteiger partial charge in [-0.15, -0.1) is 5.10 Å². The van der Waals surface area contributed by atoms with Crippen molar-refractivity contribution >= 4 is 5.91 Å². The van der Waals surface area contributed by atoms with Crippen molar-refractivity contribution in [2.75, 3.05) is 7.05 Å². The molecule has 3 aromatic rings. The van der Waals surface area contributed by atoms with Crippen molar-refractivity contribution in [1.29, 1.82) is 0 Å². The third kappa shape index (κ3) is 3.03. The molecule has 2 aromatic heterocycles. The first-order valence-corrected chi connectivity index (χ1v) is 7.75. The number of para-hydroxylation sites is 1. The molecule has 0 aliphatic carbocycles. The highest BCUT2D eigenvalue weighted by molar-refractivity contribution is 5.90. The minimum atomic E-state index is -0.231. The lowest BCUT2D eigenvalue weighted by Gasteiger charge is -2.23. The van der Waals surface area contributed by atoms with E-state index in [0.717, 1.165) is 11.4 Å². The molecule has 0 saturated carbocycles. The first-order valence-electron chi connectivity index (χ1n) is 7.75. The number of nitrogens with zero attached hydrogens (tertiary/aromatic N) is 5. The molecule has 24 heavy (non-hydrogen) atoms. The van der Waals surface area contributed by atoms with Gasteiger partial charge in [0.15, 0.2) is 0 Å². The zero-order valence-electron chi connectivity index (χ0n) is 13.9. The molecular weight excluding hydrogens is 302 g/mol. The predicted octanol–water partition coefficient (Wildman–Crippen LogP) is 2.80. The van der Waals surface area contributed by atoms with Gasteiger partial charge in [-0.05, 0) is 38.1 Å². The van der Waals surface area contributed by atoms with Crippen LogP contribution >= 0.6 is 0 Å². The maximum atomic E-state index is 12.7. The summed E-state index contributed by atoms with van der Waals surface area (Å²) >= 11 is 0. The number of amides is 1. The highest BCUT2D eigenvalue weighted by Crippen LogP contribution is 2.18. The number of hydrogen-bond donors (Lipinski definition) is 0. The second-order valence-corrected chi connectivity index (χ2v) is 5.58. The molecule has 6 nitrogen and oxygen atoms in total. The molecule has 0 saturated heterocycles. The number of benzene rings is 1. The molecule has 0 bridgehead atoms. The normalized spacial score (nSPS) is 12.0.